The van der Waals surface area contributed by atoms with Gasteiger partial charge in [0, 0.05) is 12.1 Å². The van der Waals surface area contributed by atoms with Gasteiger partial charge < -0.3 is 15.2 Å². The van der Waals surface area contributed by atoms with Crippen LogP contribution in [-0.4, -0.2) is 29.9 Å². The van der Waals surface area contributed by atoms with Gasteiger partial charge >= 0.3 is 0 Å². The third-order valence-electron chi connectivity index (χ3n) is 6.02. The van der Waals surface area contributed by atoms with Crippen molar-refractivity contribution in [3.8, 4) is 5.75 Å². The van der Waals surface area contributed by atoms with Crippen molar-refractivity contribution in [3.05, 3.63) is 28.7 Å². The van der Waals surface area contributed by atoms with Gasteiger partial charge in [-0.3, -0.25) is 0 Å². The number of hydrogen-bond donors (Lipinski definition) is 2. The Labute approximate surface area is 146 Å². The number of rotatable bonds is 6. The molecule has 0 saturated heterocycles. The Kier molecular flexibility index (Phi) is 4.41. The van der Waals surface area contributed by atoms with Gasteiger partial charge in [-0.15, -0.1) is 0 Å². The van der Waals surface area contributed by atoms with Crippen LogP contribution in [0.15, 0.2) is 28.7 Å². The summed E-state index contributed by atoms with van der Waals surface area (Å²) in [4.78, 5) is 0. The van der Waals surface area contributed by atoms with Crippen molar-refractivity contribution >= 4 is 15.9 Å². The van der Waals surface area contributed by atoms with Crippen LogP contribution in [0.4, 0.5) is 0 Å². The van der Waals surface area contributed by atoms with Gasteiger partial charge in [0.25, 0.3) is 0 Å². The third-order valence-corrected chi connectivity index (χ3v) is 6.67. The summed E-state index contributed by atoms with van der Waals surface area (Å²) in [5.41, 5.74) is 0.309. The lowest BCUT2D eigenvalue weighted by Gasteiger charge is -2.57. The maximum atomic E-state index is 10.3. The average molecular weight is 380 g/mol. The molecule has 1 unspecified atom stereocenters. The molecule has 0 radical (unpaired) electrons. The molecule has 1 atom stereocenters. The first-order valence-corrected chi connectivity index (χ1v) is 9.72. The number of nitrogens with one attached hydrogen (secondary N) is 1. The Morgan fingerprint density at radius 3 is 2.35 bits per heavy atom. The number of hydrogen-bond acceptors (Lipinski definition) is 3. The molecule has 0 aromatic heterocycles. The largest absolute Gasteiger partial charge is 0.490 e. The van der Waals surface area contributed by atoms with Crippen molar-refractivity contribution in [1.82, 2.24) is 5.32 Å². The minimum atomic E-state index is -0.463. The van der Waals surface area contributed by atoms with E-state index in [2.05, 4.69) is 21.2 Å². The second-order valence-electron chi connectivity index (χ2n) is 7.97. The standard InChI is InChI=1S/C19H26BrNO2/c20-17-3-1-2-4-18(17)23-12-16(22)11-21-19-8-13-5-14(9-19)7-15(6-13)10-19/h1-4,13-16,21-22H,5-12H2. The Balaban J connectivity index is 1.28. The molecule has 1 aromatic carbocycles. The van der Waals surface area contributed by atoms with Crippen LogP contribution in [0.3, 0.4) is 0 Å². The summed E-state index contributed by atoms with van der Waals surface area (Å²) in [7, 11) is 0. The molecule has 0 aliphatic heterocycles. The number of aliphatic hydroxyl groups excluding tert-OH is 1. The van der Waals surface area contributed by atoms with Crippen LogP contribution in [0.25, 0.3) is 0 Å². The molecule has 23 heavy (non-hydrogen) atoms. The Bertz CT molecular complexity index is 527. The van der Waals surface area contributed by atoms with E-state index in [-0.39, 0.29) is 0 Å². The molecule has 2 N–H and O–H groups in total. The number of para-hydroxylation sites is 1. The maximum absolute atomic E-state index is 10.3. The number of halogens is 1. The molecule has 4 bridgehead atoms. The molecule has 5 rings (SSSR count). The van der Waals surface area contributed by atoms with Crippen LogP contribution >= 0.6 is 15.9 Å². The highest BCUT2D eigenvalue weighted by Gasteiger charge is 2.50. The fraction of sp³-hybridized carbons (Fsp3) is 0.684. The summed E-state index contributed by atoms with van der Waals surface area (Å²) in [5.74, 6) is 3.59. The van der Waals surface area contributed by atoms with Crippen molar-refractivity contribution < 1.29 is 9.84 Å². The molecule has 4 aliphatic rings. The van der Waals surface area contributed by atoms with Crippen molar-refractivity contribution in [2.75, 3.05) is 13.2 Å². The Hall–Kier alpha value is -0.580. The van der Waals surface area contributed by atoms with Crippen LogP contribution in [0, 0.1) is 17.8 Å². The summed E-state index contributed by atoms with van der Waals surface area (Å²) < 4.78 is 6.66. The van der Waals surface area contributed by atoms with Gasteiger partial charge in [0.15, 0.2) is 0 Å². The molecular weight excluding hydrogens is 354 g/mol. The van der Waals surface area contributed by atoms with Crippen molar-refractivity contribution in [3.63, 3.8) is 0 Å². The zero-order chi connectivity index (χ0) is 15.9. The van der Waals surface area contributed by atoms with Gasteiger partial charge in [0.2, 0.25) is 0 Å². The second-order valence-corrected chi connectivity index (χ2v) is 8.83. The monoisotopic (exact) mass is 379 g/mol. The highest BCUT2D eigenvalue weighted by Crippen LogP contribution is 2.55. The van der Waals surface area contributed by atoms with E-state index in [4.69, 9.17) is 4.74 Å². The minimum absolute atomic E-state index is 0.309. The number of β-amino-alcohol motifs (C(OH)–C–C–N with tert-alkyl or cyclic N) is 1. The van der Waals surface area contributed by atoms with Crippen molar-refractivity contribution in [2.45, 2.75) is 50.2 Å². The first kappa shape index (κ1) is 15.9. The summed E-state index contributed by atoms with van der Waals surface area (Å²) in [6.07, 6.45) is 7.84. The van der Waals surface area contributed by atoms with Crippen LogP contribution in [0.1, 0.15) is 38.5 Å². The van der Waals surface area contributed by atoms with Crippen LogP contribution in [0.2, 0.25) is 0 Å². The van der Waals surface area contributed by atoms with E-state index in [1.54, 1.807) is 0 Å². The fourth-order valence-electron chi connectivity index (χ4n) is 5.47. The normalized spacial score (nSPS) is 36.2. The topological polar surface area (TPSA) is 41.5 Å². The fourth-order valence-corrected chi connectivity index (χ4v) is 5.87. The van der Waals surface area contributed by atoms with E-state index in [0.29, 0.717) is 18.7 Å². The zero-order valence-corrected chi connectivity index (χ0v) is 15.1. The lowest BCUT2D eigenvalue weighted by atomic mass is 9.53. The predicted octanol–water partition coefficient (Wildman–Crippen LogP) is 3.75. The summed E-state index contributed by atoms with van der Waals surface area (Å²) >= 11 is 3.47. The highest BCUT2D eigenvalue weighted by molar-refractivity contribution is 9.10. The highest BCUT2D eigenvalue weighted by atomic mass is 79.9. The number of aliphatic hydroxyl groups is 1. The molecular formula is C19H26BrNO2. The molecule has 126 valence electrons. The second kappa shape index (κ2) is 6.38. The summed E-state index contributed by atoms with van der Waals surface area (Å²) in [5, 5.41) is 14.0. The van der Waals surface area contributed by atoms with E-state index in [0.717, 1.165) is 28.0 Å². The molecule has 0 heterocycles. The summed E-state index contributed by atoms with van der Waals surface area (Å²) in [6, 6.07) is 7.78. The molecule has 1 aromatic rings. The van der Waals surface area contributed by atoms with Crippen LogP contribution < -0.4 is 10.1 Å². The first-order chi connectivity index (χ1) is 11.1. The maximum Gasteiger partial charge on any atom is 0.133 e. The Morgan fingerprint density at radius 1 is 1.13 bits per heavy atom. The molecule has 4 saturated carbocycles. The van der Waals surface area contributed by atoms with Crippen LogP contribution in [0.5, 0.6) is 5.75 Å². The number of ether oxygens (including phenoxy) is 1. The van der Waals surface area contributed by atoms with E-state index < -0.39 is 6.10 Å². The summed E-state index contributed by atoms with van der Waals surface area (Å²) in [6.45, 7) is 0.971. The quantitative estimate of drug-likeness (QED) is 0.790. The molecule has 4 heteroatoms. The van der Waals surface area contributed by atoms with E-state index in [9.17, 15) is 5.11 Å². The van der Waals surface area contributed by atoms with Gasteiger partial charge in [-0.05, 0) is 84.3 Å². The van der Waals surface area contributed by atoms with E-state index in [1.807, 2.05) is 24.3 Å². The molecule has 0 spiro atoms. The first-order valence-electron chi connectivity index (χ1n) is 8.92. The van der Waals surface area contributed by atoms with Gasteiger partial charge in [0.05, 0.1) is 4.47 Å². The zero-order valence-electron chi connectivity index (χ0n) is 13.5. The molecule has 0 amide bonds. The lowest BCUT2D eigenvalue weighted by Crippen LogP contribution is -2.59. The molecule has 4 aliphatic carbocycles. The number of benzene rings is 1. The predicted molar refractivity (Wildman–Crippen MR) is 94.5 cm³/mol. The van der Waals surface area contributed by atoms with Gasteiger partial charge in [-0.25, -0.2) is 0 Å². The average Bonchev–Trinajstić information content (AvgIpc) is 2.51. The SMILES string of the molecule is OC(CNC12CC3CC(CC(C3)C1)C2)COc1ccccc1Br. The van der Waals surface area contributed by atoms with E-state index >= 15 is 0 Å². The van der Waals surface area contributed by atoms with E-state index in [1.165, 1.54) is 38.5 Å². The lowest BCUT2D eigenvalue weighted by molar-refractivity contribution is -0.0266. The molecule has 4 fully saturated rings. The van der Waals surface area contributed by atoms with Gasteiger partial charge in [-0.2, -0.15) is 0 Å². The van der Waals surface area contributed by atoms with Gasteiger partial charge in [0.1, 0.15) is 18.5 Å². The van der Waals surface area contributed by atoms with Gasteiger partial charge in [-0.1, -0.05) is 12.1 Å². The van der Waals surface area contributed by atoms with Crippen LogP contribution in [-0.2, 0) is 0 Å². The van der Waals surface area contributed by atoms with Crippen molar-refractivity contribution in [2.24, 2.45) is 17.8 Å². The minimum Gasteiger partial charge on any atom is -0.490 e. The third kappa shape index (κ3) is 3.45. The van der Waals surface area contributed by atoms with Crippen molar-refractivity contribution in [1.29, 1.82) is 0 Å². The smallest absolute Gasteiger partial charge is 0.133 e. The Morgan fingerprint density at radius 2 is 1.74 bits per heavy atom. The molecule has 3 nitrogen and oxygen atoms in total.